The Bertz CT molecular complexity index is 1370. The lowest BCUT2D eigenvalue weighted by molar-refractivity contribution is -0.140. The number of rotatable bonds is 12. The Morgan fingerprint density at radius 1 is 0.949 bits per heavy atom. The van der Waals surface area contributed by atoms with Gasteiger partial charge in [0.2, 0.25) is 21.8 Å². The number of nitrogens with zero attached hydrogens (tertiary/aromatic N) is 2. The zero-order valence-corrected chi connectivity index (χ0v) is 24.3. The van der Waals surface area contributed by atoms with E-state index in [1.807, 2.05) is 30.3 Å². The van der Waals surface area contributed by atoms with Gasteiger partial charge in [-0.05, 0) is 48.9 Å². The maximum atomic E-state index is 14.0. The van der Waals surface area contributed by atoms with Gasteiger partial charge < -0.3 is 15.0 Å². The Balaban J connectivity index is 2.07. The second-order valence-electron chi connectivity index (χ2n) is 8.79. The number of hydrogen-bond acceptors (Lipinski definition) is 5. The minimum absolute atomic E-state index is 0.105. The standard InChI is InChI=1S/C28H31Cl2N3O5S/c1-4-31-28(35)26(17-20-9-6-5-7-10-20)32(18-23-24(29)11-8-12-25(23)30)27(34)19-33(39(3,36)37)21-13-15-22(38-2)16-14-21/h5-16,26H,4,17-19H2,1-3H3,(H,31,35)/t26-/m0/s1. The van der Waals surface area contributed by atoms with E-state index in [0.717, 1.165) is 16.1 Å². The Labute approximate surface area is 239 Å². The topological polar surface area (TPSA) is 96.0 Å². The van der Waals surface area contributed by atoms with Crippen LogP contribution in [0.25, 0.3) is 0 Å². The number of carbonyl (C=O) groups is 2. The highest BCUT2D eigenvalue weighted by atomic mass is 35.5. The van der Waals surface area contributed by atoms with E-state index in [0.29, 0.717) is 27.9 Å². The zero-order valence-electron chi connectivity index (χ0n) is 21.9. The predicted molar refractivity (Wildman–Crippen MR) is 155 cm³/mol. The van der Waals surface area contributed by atoms with Gasteiger partial charge in [0.05, 0.1) is 19.1 Å². The van der Waals surface area contributed by atoms with E-state index in [-0.39, 0.29) is 24.6 Å². The number of likely N-dealkylation sites (N-methyl/N-ethyl adjacent to an activating group) is 1. The van der Waals surface area contributed by atoms with Crippen molar-refractivity contribution in [2.24, 2.45) is 0 Å². The van der Waals surface area contributed by atoms with Crippen LogP contribution in [0.2, 0.25) is 10.0 Å². The molecule has 0 spiro atoms. The summed E-state index contributed by atoms with van der Waals surface area (Å²) in [6, 6.07) is 19.6. The van der Waals surface area contributed by atoms with Crippen LogP contribution in [0.1, 0.15) is 18.1 Å². The lowest BCUT2D eigenvalue weighted by Gasteiger charge is -2.33. The molecule has 3 aromatic rings. The summed E-state index contributed by atoms with van der Waals surface area (Å²) in [6.07, 6.45) is 1.22. The van der Waals surface area contributed by atoms with E-state index < -0.39 is 28.5 Å². The van der Waals surface area contributed by atoms with Crippen molar-refractivity contribution in [1.82, 2.24) is 10.2 Å². The number of ether oxygens (including phenoxy) is 1. The molecule has 8 nitrogen and oxygen atoms in total. The van der Waals surface area contributed by atoms with Crippen LogP contribution in [0.3, 0.4) is 0 Å². The molecule has 0 unspecified atom stereocenters. The average molecular weight is 593 g/mol. The first-order valence-corrected chi connectivity index (χ1v) is 14.8. The summed E-state index contributed by atoms with van der Waals surface area (Å²) in [5.41, 5.74) is 1.55. The maximum Gasteiger partial charge on any atom is 0.244 e. The van der Waals surface area contributed by atoms with Crippen molar-refractivity contribution >= 4 is 50.7 Å². The summed E-state index contributed by atoms with van der Waals surface area (Å²) in [7, 11) is -2.38. The molecule has 0 aliphatic carbocycles. The van der Waals surface area contributed by atoms with Crippen molar-refractivity contribution in [1.29, 1.82) is 0 Å². The summed E-state index contributed by atoms with van der Waals surface area (Å²) in [6.45, 7) is 1.48. The Morgan fingerprint density at radius 3 is 2.10 bits per heavy atom. The van der Waals surface area contributed by atoms with Crippen LogP contribution in [0, 0.1) is 0 Å². The van der Waals surface area contributed by atoms with Gasteiger partial charge in [0.25, 0.3) is 0 Å². The highest BCUT2D eigenvalue weighted by molar-refractivity contribution is 7.92. The molecule has 0 saturated carbocycles. The van der Waals surface area contributed by atoms with Crippen molar-refractivity contribution in [3.8, 4) is 5.75 Å². The van der Waals surface area contributed by atoms with Crippen LogP contribution in [-0.2, 0) is 32.6 Å². The number of methoxy groups -OCH3 is 1. The molecule has 0 heterocycles. The van der Waals surface area contributed by atoms with Crippen molar-refractivity contribution < 1.29 is 22.7 Å². The van der Waals surface area contributed by atoms with E-state index in [1.54, 1.807) is 49.4 Å². The molecule has 2 amide bonds. The molecular weight excluding hydrogens is 561 g/mol. The highest BCUT2D eigenvalue weighted by Crippen LogP contribution is 2.28. The van der Waals surface area contributed by atoms with Crippen molar-refractivity contribution in [3.63, 3.8) is 0 Å². The summed E-state index contributed by atoms with van der Waals surface area (Å²) in [4.78, 5) is 28.7. The van der Waals surface area contributed by atoms with Gasteiger partial charge in [-0.1, -0.05) is 59.6 Å². The molecule has 11 heteroatoms. The van der Waals surface area contributed by atoms with E-state index in [4.69, 9.17) is 27.9 Å². The van der Waals surface area contributed by atoms with Crippen LogP contribution in [0.4, 0.5) is 5.69 Å². The number of hydrogen-bond donors (Lipinski definition) is 1. The highest BCUT2D eigenvalue weighted by Gasteiger charge is 2.33. The SMILES string of the molecule is CCNC(=O)[C@H](Cc1ccccc1)N(Cc1c(Cl)cccc1Cl)C(=O)CN(c1ccc(OC)cc1)S(C)(=O)=O. The molecule has 0 aliphatic rings. The summed E-state index contributed by atoms with van der Waals surface area (Å²) in [5.74, 6) is -0.444. The summed E-state index contributed by atoms with van der Waals surface area (Å²) >= 11 is 12.9. The number of carbonyl (C=O) groups excluding carboxylic acids is 2. The number of halogens is 2. The van der Waals surface area contributed by atoms with E-state index >= 15 is 0 Å². The molecule has 3 aromatic carbocycles. The monoisotopic (exact) mass is 591 g/mol. The molecule has 1 atom stereocenters. The molecule has 3 rings (SSSR count). The summed E-state index contributed by atoms with van der Waals surface area (Å²) < 4.78 is 31.8. The third-order valence-electron chi connectivity index (χ3n) is 6.05. The van der Waals surface area contributed by atoms with E-state index in [9.17, 15) is 18.0 Å². The second-order valence-corrected chi connectivity index (χ2v) is 11.5. The molecule has 0 saturated heterocycles. The lowest BCUT2D eigenvalue weighted by Crippen LogP contribution is -2.53. The zero-order chi connectivity index (χ0) is 28.6. The first-order chi connectivity index (χ1) is 18.5. The Hall–Kier alpha value is -3.27. The molecule has 0 aromatic heterocycles. The minimum Gasteiger partial charge on any atom is -0.497 e. The van der Waals surface area contributed by atoms with Gasteiger partial charge in [0.1, 0.15) is 18.3 Å². The largest absolute Gasteiger partial charge is 0.497 e. The Kier molecular flexibility index (Phi) is 10.6. The number of benzene rings is 3. The van der Waals surface area contributed by atoms with Crippen molar-refractivity contribution in [2.45, 2.75) is 25.9 Å². The quantitative estimate of drug-likeness (QED) is 0.333. The van der Waals surface area contributed by atoms with Gasteiger partial charge in [-0.2, -0.15) is 0 Å². The number of sulfonamides is 1. The van der Waals surface area contributed by atoms with Crippen LogP contribution >= 0.6 is 23.2 Å². The van der Waals surface area contributed by atoms with E-state index in [2.05, 4.69) is 5.32 Å². The molecule has 39 heavy (non-hydrogen) atoms. The third-order valence-corrected chi connectivity index (χ3v) is 7.90. The maximum absolute atomic E-state index is 14.0. The predicted octanol–water partition coefficient (Wildman–Crippen LogP) is 4.54. The average Bonchev–Trinajstić information content (AvgIpc) is 2.90. The Morgan fingerprint density at radius 2 is 1.56 bits per heavy atom. The molecule has 1 N–H and O–H groups in total. The van der Waals surface area contributed by atoms with Crippen molar-refractivity contribution in [2.75, 3.05) is 30.8 Å². The smallest absolute Gasteiger partial charge is 0.244 e. The number of nitrogens with one attached hydrogen (secondary N) is 1. The molecule has 0 fully saturated rings. The van der Waals surface area contributed by atoms with E-state index in [1.165, 1.54) is 12.0 Å². The molecule has 0 bridgehead atoms. The first kappa shape index (κ1) is 30.3. The minimum atomic E-state index is -3.88. The third kappa shape index (κ3) is 8.11. The molecular formula is C28H31Cl2N3O5S. The van der Waals surface area contributed by atoms with Gasteiger partial charge in [-0.15, -0.1) is 0 Å². The fourth-order valence-electron chi connectivity index (χ4n) is 4.06. The van der Waals surface area contributed by atoms with Crippen LogP contribution in [0.15, 0.2) is 72.8 Å². The van der Waals surface area contributed by atoms with Gasteiger partial charge >= 0.3 is 0 Å². The van der Waals surface area contributed by atoms with Gasteiger partial charge in [0, 0.05) is 35.1 Å². The van der Waals surface area contributed by atoms with Crippen molar-refractivity contribution in [3.05, 3.63) is 94.0 Å². The van der Waals surface area contributed by atoms with Crippen LogP contribution in [0.5, 0.6) is 5.75 Å². The van der Waals surface area contributed by atoms with Crippen LogP contribution < -0.4 is 14.4 Å². The van der Waals surface area contributed by atoms with Gasteiger partial charge in [0.15, 0.2) is 0 Å². The fourth-order valence-corrected chi connectivity index (χ4v) is 5.43. The van der Waals surface area contributed by atoms with Gasteiger partial charge in [-0.25, -0.2) is 8.42 Å². The first-order valence-electron chi connectivity index (χ1n) is 12.2. The van der Waals surface area contributed by atoms with Gasteiger partial charge in [-0.3, -0.25) is 13.9 Å². The fraction of sp³-hybridized carbons (Fsp3) is 0.286. The molecule has 0 radical (unpaired) electrons. The number of amides is 2. The number of anilines is 1. The summed E-state index contributed by atoms with van der Waals surface area (Å²) in [5, 5.41) is 3.45. The second kappa shape index (κ2) is 13.7. The van der Waals surface area contributed by atoms with Crippen LogP contribution in [-0.4, -0.2) is 57.6 Å². The lowest BCUT2D eigenvalue weighted by atomic mass is 10.0. The molecule has 0 aliphatic heterocycles. The normalized spacial score (nSPS) is 11.9. The molecule has 208 valence electrons.